The molecule has 0 bridgehead atoms. The van der Waals surface area contributed by atoms with Crippen molar-refractivity contribution in [3.05, 3.63) is 15.6 Å². The van der Waals surface area contributed by atoms with Crippen LogP contribution < -0.4 is 5.73 Å². The molecule has 0 fully saturated rings. The lowest BCUT2D eigenvalue weighted by Crippen LogP contribution is -2.04. The van der Waals surface area contributed by atoms with Gasteiger partial charge in [0.05, 0.1) is 18.8 Å². The van der Waals surface area contributed by atoms with Crippen LogP contribution >= 0.6 is 11.3 Å². The van der Waals surface area contributed by atoms with Gasteiger partial charge in [-0.3, -0.25) is 0 Å². The Morgan fingerprint density at radius 3 is 2.79 bits per heavy atom. The van der Waals surface area contributed by atoms with Gasteiger partial charge in [0, 0.05) is 0 Å². The Bertz CT molecular complexity index is 334. The first-order valence-electron chi connectivity index (χ1n) is 4.43. The lowest BCUT2D eigenvalue weighted by atomic mass is 10.3. The second kappa shape index (κ2) is 4.52. The number of nitrogens with two attached hydrogens (primary N) is 1. The molecular formula is C9H14N2O2S. The maximum absolute atomic E-state index is 11.3. The number of carbonyl (C=O) groups is 1. The van der Waals surface area contributed by atoms with Gasteiger partial charge in [0.2, 0.25) is 0 Å². The second-order valence-electron chi connectivity index (χ2n) is 2.96. The molecule has 1 atom stereocenters. The van der Waals surface area contributed by atoms with E-state index in [1.54, 1.807) is 0 Å². The number of methoxy groups -OCH3 is 1. The topological polar surface area (TPSA) is 65.2 Å². The van der Waals surface area contributed by atoms with Crippen molar-refractivity contribution in [2.75, 3.05) is 7.11 Å². The van der Waals surface area contributed by atoms with E-state index in [4.69, 9.17) is 5.73 Å². The number of aryl methyl sites for hydroxylation is 1. The van der Waals surface area contributed by atoms with Gasteiger partial charge in [0.25, 0.3) is 0 Å². The van der Waals surface area contributed by atoms with Crippen LogP contribution in [0.4, 0.5) is 0 Å². The highest BCUT2D eigenvalue weighted by Gasteiger charge is 2.18. The highest BCUT2D eigenvalue weighted by Crippen LogP contribution is 2.23. The van der Waals surface area contributed by atoms with Gasteiger partial charge in [-0.05, 0) is 13.3 Å². The Morgan fingerprint density at radius 1 is 1.71 bits per heavy atom. The minimum atomic E-state index is -0.328. The number of carbonyl (C=O) groups excluding carboxylic acids is 1. The van der Waals surface area contributed by atoms with Gasteiger partial charge >= 0.3 is 5.97 Å². The average molecular weight is 214 g/mol. The van der Waals surface area contributed by atoms with E-state index in [9.17, 15) is 4.79 Å². The summed E-state index contributed by atoms with van der Waals surface area (Å²) in [6, 6.07) is -0.135. The number of esters is 1. The van der Waals surface area contributed by atoms with E-state index in [1.165, 1.54) is 18.4 Å². The van der Waals surface area contributed by atoms with Gasteiger partial charge in [-0.15, -0.1) is 11.3 Å². The number of thiazole rings is 1. The van der Waals surface area contributed by atoms with E-state index in [-0.39, 0.29) is 12.0 Å². The summed E-state index contributed by atoms with van der Waals surface area (Å²) in [4.78, 5) is 16.2. The Kier molecular flexibility index (Phi) is 3.60. The van der Waals surface area contributed by atoms with E-state index < -0.39 is 0 Å². The summed E-state index contributed by atoms with van der Waals surface area (Å²) < 4.78 is 4.66. The van der Waals surface area contributed by atoms with Crippen LogP contribution in [-0.2, 0) is 11.2 Å². The fourth-order valence-corrected chi connectivity index (χ4v) is 2.08. The molecule has 0 saturated heterocycles. The van der Waals surface area contributed by atoms with Crippen LogP contribution in [0.1, 0.15) is 40.3 Å². The first-order valence-corrected chi connectivity index (χ1v) is 5.25. The molecule has 0 spiro atoms. The number of aromatic nitrogens is 1. The fraction of sp³-hybridized carbons (Fsp3) is 0.556. The van der Waals surface area contributed by atoms with Gasteiger partial charge in [-0.1, -0.05) is 6.92 Å². The lowest BCUT2D eigenvalue weighted by Gasteiger charge is -1.96. The third kappa shape index (κ3) is 2.10. The predicted molar refractivity (Wildman–Crippen MR) is 55.4 cm³/mol. The van der Waals surface area contributed by atoms with Crippen molar-refractivity contribution in [3.63, 3.8) is 0 Å². The molecule has 1 heterocycles. The molecule has 1 rings (SSSR count). The zero-order valence-corrected chi connectivity index (χ0v) is 9.35. The summed E-state index contributed by atoms with van der Waals surface area (Å²) in [7, 11) is 1.37. The Hall–Kier alpha value is -0.940. The Morgan fingerprint density at radius 2 is 2.36 bits per heavy atom. The van der Waals surface area contributed by atoms with E-state index >= 15 is 0 Å². The highest BCUT2D eigenvalue weighted by molar-refractivity contribution is 7.13. The number of rotatable bonds is 3. The maximum atomic E-state index is 11.3. The van der Waals surface area contributed by atoms with Gasteiger partial charge in [0.1, 0.15) is 9.88 Å². The van der Waals surface area contributed by atoms with Crippen molar-refractivity contribution in [2.45, 2.75) is 26.3 Å². The molecule has 1 aromatic rings. The molecule has 5 heteroatoms. The molecule has 0 aliphatic heterocycles. The van der Waals surface area contributed by atoms with Crippen LogP contribution in [0.5, 0.6) is 0 Å². The van der Waals surface area contributed by atoms with Crippen LogP contribution in [-0.4, -0.2) is 18.1 Å². The molecule has 0 saturated carbocycles. The second-order valence-corrected chi connectivity index (χ2v) is 3.99. The number of hydrogen-bond acceptors (Lipinski definition) is 5. The third-order valence-electron chi connectivity index (χ3n) is 1.81. The molecule has 0 aliphatic rings. The zero-order valence-electron chi connectivity index (χ0n) is 8.53. The van der Waals surface area contributed by atoms with Crippen LogP contribution in [0.25, 0.3) is 0 Å². The molecule has 4 nitrogen and oxygen atoms in total. The van der Waals surface area contributed by atoms with Gasteiger partial charge in [-0.25, -0.2) is 9.78 Å². The molecule has 1 aromatic heterocycles. The average Bonchev–Trinajstić information content (AvgIpc) is 2.60. The summed E-state index contributed by atoms with van der Waals surface area (Å²) >= 11 is 1.31. The monoisotopic (exact) mass is 214 g/mol. The summed E-state index contributed by atoms with van der Waals surface area (Å²) in [6.07, 6.45) is 0.716. The van der Waals surface area contributed by atoms with E-state index in [1.807, 2.05) is 13.8 Å². The van der Waals surface area contributed by atoms with Gasteiger partial charge in [-0.2, -0.15) is 0 Å². The van der Waals surface area contributed by atoms with E-state index in [0.717, 1.165) is 10.7 Å². The summed E-state index contributed by atoms with van der Waals surface area (Å²) in [6.45, 7) is 3.80. The SMILES string of the molecule is CCc1nc(C(C)N)sc1C(=O)OC. The van der Waals surface area contributed by atoms with Crippen LogP contribution in [0.3, 0.4) is 0 Å². The molecule has 0 aliphatic carbocycles. The lowest BCUT2D eigenvalue weighted by molar-refractivity contribution is 0.0605. The molecule has 0 amide bonds. The van der Waals surface area contributed by atoms with Crippen molar-refractivity contribution in [2.24, 2.45) is 5.73 Å². The largest absolute Gasteiger partial charge is 0.465 e. The normalized spacial score (nSPS) is 12.6. The number of ether oxygens (including phenoxy) is 1. The molecule has 1 unspecified atom stereocenters. The van der Waals surface area contributed by atoms with E-state index in [0.29, 0.717) is 11.3 Å². The number of nitrogens with zero attached hydrogens (tertiary/aromatic N) is 1. The molecule has 14 heavy (non-hydrogen) atoms. The summed E-state index contributed by atoms with van der Waals surface area (Å²) in [5.74, 6) is -0.328. The standard InChI is InChI=1S/C9H14N2O2S/c1-4-6-7(9(12)13-3)14-8(11-6)5(2)10/h5H,4,10H2,1-3H3. The zero-order chi connectivity index (χ0) is 10.7. The molecular weight excluding hydrogens is 200 g/mol. The maximum Gasteiger partial charge on any atom is 0.349 e. The first-order chi connectivity index (χ1) is 6.60. The fourth-order valence-electron chi connectivity index (χ4n) is 1.06. The van der Waals surface area contributed by atoms with Crippen LogP contribution in [0.15, 0.2) is 0 Å². The van der Waals surface area contributed by atoms with Crippen molar-refractivity contribution >= 4 is 17.3 Å². The quantitative estimate of drug-likeness (QED) is 0.775. The molecule has 0 radical (unpaired) electrons. The van der Waals surface area contributed by atoms with Crippen LogP contribution in [0.2, 0.25) is 0 Å². The highest BCUT2D eigenvalue weighted by atomic mass is 32.1. The Labute approximate surface area is 87.1 Å². The molecule has 2 N–H and O–H groups in total. The Balaban J connectivity index is 3.08. The minimum Gasteiger partial charge on any atom is -0.465 e. The van der Waals surface area contributed by atoms with Gasteiger partial charge in [0.15, 0.2) is 0 Å². The summed E-state index contributed by atoms with van der Waals surface area (Å²) in [5.41, 5.74) is 6.46. The first kappa shape index (κ1) is 11.1. The summed E-state index contributed by atoms with van der Waals surface area (Å²) in [5, 5.41) is 0.780. The minimum absolute atomic E-state index is 0.135. The van der Waals surface area contributed by atoms with Crippen molar-refractivity contribution in [1.29, 1.82) is 0 Å². The van der Waals surface area contributed by atoms with Crippen molar-refractivity contribution in [1.82, 2.24) is 4.98 Å². The van der Waals surface area contributed by atoms with E-state index in [2.05, 4.69) is 9.72 Å². The number of hydrogen-bond donors (Lipinski definition) is 1. The smallest absolute Gasteiger partial charge is 0.349 e. The predicted octanol–water partition coefficient (Wildman–Crippen LogP) is 1.51. The van der Waals surface area contributed by atoms with Gasteiger partial charge < -0.3 is 10.5 Å². The van der Waals surface area contributed by atoms with Crippen molar-refractivity contribution in [3.8, 4) is 0 Å². The molecule has 0 aromatic carbocycles. The van der Waals surface area contributed by atoms with Crippen LogP contribution in [0, 0.1) is 0 Å². The molecule has 78 valence electrons. The van der Waals surface area contributed by atoms with Crippen molar-refractivity contribution < 1.29 is 9.53 Å². The third-order valence-corrected chi connectivity index (χ3v) is 3.09.